The molecule has 0 saturated heterocycles. The predicted molar refractivity (Wildman–Crippen MR) is 85.1 cm³/mol. The van der Waals surface area contributed by atoms with Crippen LogP contribution in [0.15, 0.2) is 54.6 Å². The van der Waals surface area contributed by atoms with Crippen molar-refractivity contribution in [1.82, 2.24) is 9.55 Å². The van der Waals surface area contributed by atoms with Crippen LogP contribution in [0.2, 0.25) is 0 Å². The Balaban J connectivity index is 1.73. The van der Waals surface area contributed by atoms with E-state index in [0.717, 1.165) is 17.8 Å². The molecular formula is C18H19N3. The summed E-state index contributed by atoms with van der Waals surface area (Å²) in [6, 6.07) is 19.3. The number of rotatable bonds is 4. The van der Waals surface area contributed by atoms with E-state index in [4.69, 9.17) is 10.7 Å². The van der Waals surface area contributed by atoms with Gasteiger partial charge in [0.1, 0.15) is 5.82 Å². The molecule has 3 nitrogen and oxygen atoms in total. The minimum Gasteiger partial charge on any atom is -0.324 e. The zero-order valence-corrected chi connectivity index (χ0v) is 11.9. The Labute approximate surface area is 124 Å². The maximum absolute atomic E-state index is 6.47. The number of hydrogen-bond acceptors (Lipinski definition) is 2. The van der Waals surface area contributed by atoms with E-state index in [1.807, 2.05) is 12.1 Å². The van der Waals surface area contributed by atoms with Crippen molar-refractivity contribution in [2.24, 2.45) is 5.73 Å². The number of nitrogens with two attached hydrogens (primary N) is 1. The number of imidazole rings is 1. The summed E-state index contributed by atoms with van der Waals surface area (Å²) in [6.07, 6.45) is 3.31. The monoisotopic (exact) mass is 277 g/mol. The second-order valence-corrected chi connectivity index (χ2v) is 5.86. The summed E-state index contributed by atoms with van der Waals surface area (Å²) >= 11 is 0. The average Bonchev–Trinajstić information content (AvgIpc) is 3.28. The first kappa shape index (κ1) is 12.6. The lowest BCUT2D eigenvalue weighted by Gasteiger charge is -2.14. The summed E-state index contributed by atoms with van der Waals surface area (Å²) < 4.78 is 2.36. The molecule has 1 saturated carbocycles. The van der Waals surface area contributed by atoms with Crippen molar-refractivity contribution in [3.8, 4) is 0 Å². The predicted octanol–water partition coefficient (Wildman–Crippen LogP) is 3.61. The average molecular weight is 277 g/mol. The van der Waals surface area contributed by atoms with Crippen molar-refractivity contribution in [1.29, 1.82) is 0 Å². The molecule has 0 amide bonds. The van der Waals surface area contributed by atoms with E-state index in [9.17, 15) is 0 Å². The Hall–Kier alpha value is -2.13. The number of para-hydroxylation sites is 2. The van der Waals surface area contributed by atoms with Gasteiger partial charge in [0, 0.05) is 6.04 Å². The molecule has 3 heteroatoms. The molecule has 1 aliphatic rings. The summed E-state index contributed by atoms with van der Waals surface area (Å²) in [5.41, 5.74) is 10.0. The summed E-state index contributed by atoms with van der Waals surface area (Å²) in [5, 5.41) is 0. The molecular weight excluding hydrogens is 258 g/mol. The van der Waals surface area contributed by atoms with Crippen LogP contribution in [0.4, 0.5) is 0 Å². The van der Waals surface area contributed by atoms with Gasteiger partial charge in [0.05, 0.1) is 17.1 Å². The van der Waals surface area contributed by atoms with E-state index in [2.05, 4.69) is 47.0 Å². The largest absolute Gasteiger partial charge is 0.324 e. The second kappa shape index (κ2) is 5.01. The van der Waals surface area contributed by atoms with Crippen molar-refractivity contribution < 1.29 is 0 Å². The molecule has 0 spiro atoms. The lowest BCUT2D eigenvalue weighted by molar-refractivity contribution is 0.602. The highest BCUT2D eigenvalue weighted by atomic mass is 15.1. The van der Waals surface area contributed by atoms with E-state index in [1.54, 1.807) is 0 Å². The highest BCUT2D eigenvalue weighted by Crippen LogP contribution is 2.39. The van der Waals surface area contributed by atoms with Crippen LogP contribution >= 0.6 is 0 Å². The first-order valence-electron chi connectivity index (χ1n) is 7.59. The second-order valence-electron chi connectivity index (χ2n) is 5.86. The summed E-state index contributed by atoms with van der Waals surface area (Å²) in [7, 11) is 0. The fourth-order valence-electron chi connectivity index (χ4n) is 3.00. The normalized spacial score (nSPS) is 16.2. The molecule has 1 aliphatic carbocycles. The van der Waals surface area contributed by atoms with E-state index in [1.165, 1.54) is 23.9 Å². The maximum atomic E-state index is 6.47. The molecule has 1 aromatic heterocycles. The lowest BCUT2D eigenvalue weighted by atomic mass is 10.1. The molecule has 1 unspecified atom stereocenters. The van der Waals surface area contributed by atoms with Gasteiger partial charge in [-0.05, 0) is 37.0 Å². The van der Waals surface area contributed by atoms with Crippen LogP contribution in [0.25, 0.3) is 11.0 Å². The lowest BCUT2D eigenvalue weighted by Crippen LogP contribution is -2.18. The maximum Gasteiger partial charge on any atom is 0.127 e. The molecule has 3 aromatic rings. The minimum absolute atomic E-state index is 0.0552. The molecule has 2 aromatic carbocycles. The molecule has 1 heterocycles. The topological polar surface area (TPSA) is 43.8 Å². The number of nitrogens with zero attached hydrogens (tertiary/aromatic N) is 2. The zero-order chi connectivity index (χ0) is 14.2. The first-order chi connectivity index (χ1) is 10.3. The van der Waals surface area contributed by atoms with E-state index in [-0.39, 0.29) is 6.04 Å². The summed E-state index contributed by atoms with van der Waals surface area (Å²) in [4.78, 5) is 4.81. The molecule has 1 fully saturated rings. The Morgan fingerprint density at radius 2 is 1.76 bits per heavy atom. The van der Waals surface area contributed by atoms with Gasteiger partial charge in [-0.25, -0.2) is 4.98 Å². The van der Waals surface area contributed by atoms with Crippen LogP contribution in [-0.2, 0) is 6.42 Å². The molecule has 106 valence electrons. The number of fused-ring (bicyclic) bond motifs is 1. The molecule has 0 bridgehead atoms. The third-order valence-corrected chi connectivity index (χ3v) is 4.17. The molecule has 2 N–H and O–H groups in total. The number of hydrogen-bond donors (Lipinski definition) is 1. The van der Waals surface area contributed by atoms with Crippen molar-refractivity contribution in [3.05, 3.63) is 66.0 Å². The van der Waals surface area contributed by atoms with Gasteiger partial charge >= 0.3 is 0 Å². The van der Waals surface area contributed by atoms with Crippen molar-refractivity contribution >= 4 is 11.0 Å². The van der Waals surface area contributed by atoms with Gasteiger partial charge in [0.2, 0.25) is 0 Å². The van der Waals surface area contributed by atoms with Crippen molar-refractivity contribution in [3.63, 3.8) is 0 Å². The third-order valence-electron chi connectivity index (χ3n) is 4.17. The number of aromatic nitrogens is 2. The summed E-state index contributed by atoms with van der Waals surface area (Å²) in [6.45, 7) is 0. The molecule has 0 radical (unpaired) electrons. The SMILES string of the molecule is NC(Cc1ccccc1)c1nc2ccccc2n1C1CC1. The minimum atomic E-state index is -0.0552. The standard InChI is InChI=1S/C18H19N3/c19-15(12-13-6-2-1-3-7-13)18-20-16-8-4-5-9-17(16)21(18)14-10-11-14/h1-9,14-15H,10-12,19H2. The van der Waals surface area contributed by atoms with Crippen LogP contribution < -0.4 is 5.73 Å². The molecule has 1 atom stereocenters. The fourth-order valence-corrected chi connectivity index (χ4v) is 3.00. The van der Waals surface area contributed by atoms with E-state index in [0.29, 0.717) is 6.04 Å². The van der Waals surface area contributed by atoms with Crippen molar-refractivity contribution in [2.45, 2.75) is 31.3 Å². The first-order valence-corrected chi connectivity index (χ1v) is 7.59. The van der Waals surface area contributed by atoms with Gasteiger partial charge in [0.25, 0.3) is 0 Å². The smallest absolute Gasteiger partial charge is 0.127 e. The Kier molecular flexibility index (Phi) is 3.00. The van der Waals surface area contributed by atoms with Crippen LogP contribution in [0, 0.1) is 0 Å². The Bertz CT molecular complexity index is 756. The van der Waals surface area contributed by atoms with Gasteiger partial charge in [-0.1, -0.05) is 42.5 Å². The van der Waals surface area contributed by atoms with Gasteiger partial charge in [0.15, 0.2) is 0 Å². The number of benzene rings is 2. The third kappa shape index (κ3) is 2.34. The van der Waals surface area contributed by atoms with Gasteiger partial charge in [-0.15, -0.1) is 0 Å². The highest BCUT2D eigenvalue weighted by Gasteiger charge is 2.29. The molecule has 4 rings (SSSR count). The Morgan fingerprint density at radius 3 is 2.52 bits per heavy atom. The summed E-state index contributed by atoms with van der Waals surface area (Å²) in [5.74, 6) is 1.03. The van der Waals surface area contributed by atoms with Gasteiger partial charge in [-0.3, -0.25) is 0 Å². The van der Waals surface area contributed by atoms with Crippen LogP contribution in [0.1, 0.15) is 36.3 Å². The van der Waals surface area contributed by atoms with Crippen LogP contribution in [0.5, 0.6) is 0 Å². The Morgan fingerprint density at radius 1 is 1.05 bits per heavy atom. The van der Waals surface area contributed by atoms with E-state index < -0.39 is 0 Å². The highest BCUT2D eigenvalue weighted by molar-refractivity contribution is 5.76. The van der Waals surface area contributed by atoms with Crippen LogP contribution in [0.3, 0.4) is 0 Å². The molecule has 21 heavy (non-hydrogen) atoms. The van der Waals surface area contributed by atoms with Crippen molar-refractivity contribution in [2.75, 3.05) is 0 Å². The zero-order valence-electron chi connectivity index (χ0n) is 11.9. The van der Waals surface area contributed by atoms with Gasteiger partial charge in [-0.2, -0.15) is 0 Å². The molecule has 0 aliphatic heterocycles. The van der Waals surface area contributed by atoms with E-state index >= 15 is 0 Å². The van der Waals surface area contributed by atoms with Crippen LogP contribution in [-0.4, -0.2) is 9.55 Å². The van der Waals surface area contributed by atoms with Gasteiger partial charge < -0.3 is 10.3 Å². The quantitative estimate of drug-likeness (QED) is 0.791. The fraction of sp³-hybridized carbons (Fsp3) is 0.278.